The third-order valence-electron chi connectivity index (χ3n) is 5.51. The van der Waals surface area contributed by atoms with Crippen LogP contribution in [0.5, 0.6) is 0 Å². The van der Waals surface area contributed by atoms with E-state index < -0.39 is 0 Å². The molecule has 0 aliphatic carbocycles. The smallest absolute Gasteiger partial charge is 0.223 e. The van der Waals surface area contributed by atoms with Crippen LogP contribution in [0.25, 0.3) is 10.9 Å². The summed E-state index contributed by atoms with van der Waals surface area (Å²) in [5, 5.41) is 1.28. The number of nitrogens with zero attached hydrogens (tertiary/aromatic N) is 3. The Morgan fingerprint density at radius 2 is 1.83 bits per heavy atom. The number of carbonyl (C=O) groups is 1. The van der Waals surface area contributed by atoms with Crippen molar-refractivity contribution < 1.29 is 4.79 Å². The Morgan fingerprint density at radius 3 is 2.71 bits per heavy atom. The lowest BCUT2D eigenvalue weighted by Crippen LogP contribution is -2.38. The van der Waals surface area contributed by atoms with Gasteiger partial charge in [0.15, 0.2) is 0 Å². The number of carbonyl (C=O) groups excluding carboxylic acids is 1. The van der Waals surface area contributed by atoms with Gasteiger partial charge in [0.05, 0.1) is 6.54 Å². The molecule has 4 nitrogen and oxygen atoms in total. The molecule has 0 N–H and O–H groups in total. The zero-order chi connectivity index (χ0) is 16.4. The van der Waals surface area contributed by atoms with Crippen molar-refractivity contribution in [2.24, 2.45) is 0 Å². The van der Waals surface area contributed by atoms with E-state index in [4.69, 9.17) is 0 Å². The van der Waals surface area contributed by atoms with Crippen LogP contribution in [-0.4, -0.2) is 46.5 Å². The summed E-state index contributed by atoms with van der Waals surface area (Å²) in [6.07, 6.45) is 5.71. The number of rotatable bonds is 4. The number of likely N-dealkylation sites (tertiary alicyclic amines) is 1. The Bertz CT molecular complexity index is 715. The monoisotopic (exact) mass is 325 g/mol. The highest BCUT2D eigenvalue weighted by Crippen LogP contribution is 2.24. The first kappa shape index (κ1) is 15.7. The third-order valence-corrected chi connectivity index (χ3v) is 5.51. The molecule has 2 aliphatic rings. The Balaban J connectivity index is 1.33. The van der Waals surface area contributed by atoms with Crippen LogP contribution in [0.15, 0.2) is 30.3 Å². The van der Waals surface area contributed by atoms with Gasteiger partial charge >= 0.3 is 0 Å². The van der Waals surface area contributed by atoms with E-state index in [0.717, 1.165) is 32.6 Å². The highest BCUT2D eigenvalue weighted by molar-refractivity contribution is 5.82. The molecule has 0 bridgehead atoms. The first-order chi connectivity index (χ1) is 11.8. The molecule has 0 radical (unpaired) electrons. The van der Waals surface area contributed by atoms with Gasteiger partial charge in [-0.1, -0.05) is 24.6 Å². The van der Waals surface area contributed by atoms with Crippen molar-refractivity contribution in [1.82, 2.24) is 14.4 Å². The quantitative estimate of drug-likeness (QED) is 0.863. The zero-order valence-electron chi connectivity index (χ0n) is 14.4. The van der Waals surface area contributed by atoms with Crippen molar-refractivity contribution in [2.75, 3.05) is 26.2 Å². The Labute approximate surface area is 144 Å². The van der Waals surface area contributed by atoms with Gasteiger partial charge in [-0.2, -0.15) is 0 Å². The number of piperidine rings is 1. The van der Waals surface area contributed by atoms with Crippen molar-refractivity contribution in [3.8, 4) is 0 Å². The molecule has 0 spiro atoms. The molecular formula is C20H27N3O. The average Bonchev–Trinajstić information content (AvgIpc) is 3.00. The van der Waals surface area contributed by atoms with Gasteiger partial charge in [0.25, 0.3) is 0 Å². The normalized spacial score (nSPS) is 18.8. The van der Waals surface area contributed by atoms with Crippen LogP contribution >= 0.6 is 0 Å². The Kier molecular flexibility index (Phi) is 4.56. The van der Waals surface area contributed by atoms with Crippen molar-refractivity contribution >= 4 is 16.8 Å². The van der Waals surface area contributed by atoms with E-state index in [1.165, 1.54) is 48.9 Å². The maximum atomic E-state index is 12.6. The molecule has 1 amide bonds. The van der Waals surface area contributed by atoms with Crippen molar-refractivity contribution in [1.29, 1.82) is 0 Å². The summed E-state index contributed by atoms with van der Waals surface area (Å²) < 4.78 is 2.37. The summed E-state index contributed by atoms with van der Waals surface area (Å²) in [4.78, 5) is 17.1. The molecule has 0 unspecified atom stereocenters. The summed E-state index contributed by atoms with van der Waals surface area (Å²) in [6.45, 7) is 6.04. The second kappa shape index (κ2) is 6.98. The van der Waals surface area contributed by atoms with E-state index in [1.54, 1.807) is 0 Å². The standard InChI is InChI=1S/C20H27N3O/c24-20(9-6-12-21-10-4-1-5-11-21)22-13-14-23-18(16-22)15-17-7-2-3-8-19(17)23/h2-3,7-8,15H,1,4-6,9-14,16H2. The van der Waals surface area contributed by atoms with Gasteiger partial charge in [-0.15, -0.1) is 0 Å². The van der Waals surface area contributed by atoms with E-state index in [1.807, 2.05) is 4.90 Å². The number of benzene rings is 1. The van der Waals surface area contributed by atoms with Crippen LogP contribution in [-0.2, 0) is 17.9 Å². The maximum absolute atomic E-state index is 12.6. The molecule has 3 heterocycles. The van der Waals surface area contributed by atoms with Gasteiger partial charge in [0.1, 0.15) is 0 Å². The fourth-order valence-corrected chi connectivity index (χ4v) is 4.17. The fourth-order valence-electron chi connectivity index (χ4n) is 4.17. The summed E-state index contributed by atoms with van der Waals surface area (Å²) in [5.74, 6) is 0.323. The van der Waals surface area contributed by atoms with Gasteiger partial charge in [0.2, 0.25) is 5.91 Å². The van der Waals surface area contributed by atoms with Crippen molar-refractivity contribution in [3.63, 3.8) is 0 Å². The van der Waals surface area contributed by atoms with Crippen LogP contribution < -0.4 is 0 Å². The van der Waals surface area contributed by atoms with Gasteiger partial charge < -0.3 is 14.4 Å². The zero-order valence-corrected chi connectivity index (χ0v) is 14.4. The molecule has 4 rings (SSSR count). The number of hydrogen-bond donors (Lipinski definition) is 0. The number of para-hydroxylation sites is 1. The SMILES string of the molecule is O=C(CCCN1CCCCC1)N1CCn2c(cc3ccccc32)C1. The molecule has 2 aromatic rings. The van der Waals surface area contributed by atoms with Crippen LogP contribution in [0.1, 0.15) is 37.8 Å². The summed E-state index contributed by atoms with van der Waals surface area (Å²) in [7, 11) is 0. The number of amides is 1. The van der Waals surface area contributed by atoms with Crippen molar-refractivity contribution in [3.05, 3.63) is 36.0 Å². The van der Waals surface area contributed by atoms with Gasteiger partial charge in [-0.3, -0.25) is 4.79 Å². The molecule has 1 aromatic carbocycles. The first-order valence-corrected chi connectivity index (χ1v) is 9.38. The minimum Gasteiger partial charge on any atom is -0.341 e. The summed E-state index contributed by atoms with van der Waals surface area (Å²) in [6, 6.07) is 10.7. The molecule has 128 valence electrons. The number of fused-ring (bicyclic) bond motifs is 3. The van der Waals surface area contributed by atoms with Crippen LogP contribution in [0.4, 0.5) is 0 Å². The predicted molar refractivity (Wildman–Crippen MR) is 96.9 cm³/mol. The highest BCUT2D eigenvalue weighted by Gasteiger charge is 2.22. The minimum atomic E-state index is 0.323. The first-order valence-electron chi connectivity index (χ1n) is 9.38. The van der Waals surface area contributed by atoms with E-state index in [9.17, 15) is 4.79 Å². The summed E-state index contributed by atoms with van der Waals surface area (Å²) in [5.41, 5.74) is 2.57. The van der Waals surface area contributed by atoms with Crippen LogP contribution in [0.2, 0.25) is 0 Å². The second-order valence-electron chi connectivity index (χ2n) is 7.17. The molecule has 2 aliphatic heterocycles. The van der Waals surface area contributed by atoms with Crippen molar-refractivity contribution in [2.45, 2.75) is 45.2 Å². The number of hydrogen-bond acceptors (Lipinski definition) is 2. The molecule has 0 saturated carbocycles. The van der Waals surface area contributed by atoms with Gasteiger partial charge in [-0.05, 0) is 56.4 Å². The lowest BCUT2D eigenvalue weighted by Gasteiger charge is -2.30. The second-order valence-corrected chi connectivity index (χ2v) is 7.17. The largest absolute Gasteiger partial charge is 0.341 e. The lowest BCUT2D eigenvalue weighted by molar-refractivity contribution is -0.132. The molecular weight excluding hydrogens is 298 g/mol. The molecule has 4 heteroatoms. The van der Waals surface area contributed by atoms with E-state index in [0.29, 0.717) is 12.3 Å². The minimum absolute atomic E-state index is 0.323. The average molecular weight is 325 g/mol. The molecule has 1 aromatic heterocycles. The molecule has 1 saturated heterocycles. The highest BCUT2D eigenvalue weighted by atomic mass is 16.2. The van der Waals surface area contributed by atoms with E-state index >= 15 is 0 Å². The number of aromatic nitrogens is 1. The van der Waals surface area contributed by atoms with Gasteiger partial charge in [-0.25, -0.2) is 0 Å². The third kappa shape index (κ3) is 3.20. The maximum Gasteiger partial charge on any atom is 0.223 e. The van der Waals surface area contributed by atoms with E-state index in [-0.39, 0.29) is 0 Å². The van der Waals surface area contributed by atoms with Crippen LogP contribution in [0, 0.1) is 0 Å². The molecule has 0 atom stereocenters. The van der Waals surface area contributed by atoms with Crippen LogP contribution in [0.3, 0.4) is 0 Å². The Hall–Kier alpha value is -1.81. The Morgan fingerprint density at radius 1 is 1.00 bits per heavy atom. The predicted octanol–water partition coefficient (Wildman–Crippen LogP) is 3.25. The lowest BCUT2D eigenvalue weighted by atomic mass is 10.1. The molecule has 24 heavy (non-hydrogen) atoms. The fraction of sp³-hybridized carbons (Fsp3) is 0.550. The van der Waals surface area contributed by atoms with Gasteiger partial charge in [0, 0.05) is 30.7 Å². The van der Waals surface area contributed by atoms with E-state index in [2.05, 4.69) is 39.8 Å². The topological polar surface area (TPSA) is 28.5 Å². The molecule has 1 fully saturated rings. The summed E-state index contributed by atoms with van der Waals surface area (Å²) >= 11 is 0.